The number of Topliss-reactive ketones (excluding diaryl/α,β-unsaturated/α-hetero) is 1. The highest BCUT2D eigenvalue weighted by atomic mass is 16.5. The van der Waals surface area contributed by atoms with Gasteiger partial charge in [0.2, 0.25) is 5.88 Å². The second kappa shape index (κ2) is 10.4. The summed E-state index contributed by atoms with van der Waals surface area (Å²) in [5.74, 6) is 1.08. The van der Waals surface area contributed by atoms with Gasteiger partial charge in [-0.1, -0.05) is 18.2 Å². The van der Waals surface area contributed by atoms with E-state index in [0.29, 0.717) is 18.1 Å². The van der Waals surface area contributed by atoms with Crippen LogP contribution in [0.15, 0.2) is 59.7 Å². The van der Waals surface area contributed by atoms with E-state index in [0.717, 1.165) is 61.7 Å². The lowest BCUT2D eigenvalue weighted by Crippen LogP contribution is -2.27. The molecule has 1 N–H and O–H groups in total. The lowest BCUT2D eigenvalue weighted by molar-refractivity contribution is -0.138. The summed E-state index contributed by atoms with van der Waals surface area (Å²) in [6.45, 7) is 10.1. The molecule has 0 aliphatic carbocycles. The molecule has 42 heavy (non-hydrogen) atoms. The van der Waals surface area contributed by atoms with Crippen molar-refractivity contribution in [3.05, 3.63) is 82.0 Å². The molecule has 6 rings (SSSR count). The molecule has 1 aliphatic rings. The van der Waals surface area contributed by atoms with Crippen LogP contribution in [0.5, 0.6) is 11.6 Å². The van der Waals surface area contributed by atoms with Crippen LogP contribution < -0.4 is 15.2 Å². The van der Waals surface area contributed by atoms with Gasteiger partial charge >= 0.3 is 5.69 Å². The van der Waals surface area contributed by atoms with Gasteiger partial charge in [0.1, 0.15) is 11.9 Å². The van der Waals surface area contributed by atoms with Gasteiger partial charge in [-0.15, -0.1) is 0 Å². The molecule has 3 aromatic carbocycles. The van der Waals surface area contributed by atoms with E-state index < -0.39 is 17.4 Å². The standard InChI is InChI=1S/C34H33N3O5/c1-18-15-22-16-21(25-17-36-33(39)37-32(25)40-6)7-8-23(22)29(27(18)31(19(2)38)42-34(3,4)5)24-9-10-26-28-20(12-14-41-26)11-13-35-30(24)28/h7-11,13,15-17,31H,12,14H2,1-6H3,(H,36,37,39). The number of nitrogens with one attached hydrogen (secondary N) is 1. The highest BCUT2D eigenvalue weighted by Gasteiger charge is 2.31. The molecule has 2 aromatic heterocycles. The molecule has 8 heteroatoms. The molecule has 0 fully saturated rings. The van der Waals surface area contributed by atoms with Gasteiger partial charge in [-0.2, -0.15) is 0 Å². The number of nitrogens with zero attached hydrogens (tertiary/aromatic N) is 2. The van der Waals surface area contributed by atoms with E-state index in [1.54, 1.807) is 6.92 Å². The second-order valence-corrected chi connectivity index (χ2v) is 11.7. The minimum absolute atomic E-state index is 0.0756. The van der Waals surface area contributed by atoms with Gasteiger partial charge < -0.3 is 14.2 Å². The highest BCUT2D eigenvalue weighted by molar-refractivity contribution is 6.09. The van der Waals surface area contributed by atoms with E-state index in [2.05, 4.69) is 16.0 Å². The number of aromatic nitrogens is 3. The summed E-state index contributed by atoms with van der Waals surface area (Å²) in [5, 5.41) is 2.89. The average molecular weight is 564 g/mol. The summed E-state index contributed by atoms with van der Waals surface area (Å²) >= 11 is 0. The van der Waals surface area contributed by atoms with Gasteiger partial charge in [0.25, 0.3) is 0 Å². The maximum absolute atomic E-state index is 13.2. The summed E-state index contributed by atoms with van der Waals surface area (Å²) in [5.41, 5.74) is 6.02. The molecule has 0 spiro atoms. The number of ether oxygens (including phenoxy) is 3. The summed E-state index contributed by atoms with van der Waals surface area (Å²) in [6.07, 6.45) is 3.38. The zero-order chi connectivity index (χ0) is 29.8. The quantitative estimate of drug-likeness (QED) is 0.251. The van der Waals surface area contributed by atoms with Crippen LogP contribution in [0.1, 0.15) is 50.5 Å². The van der Waals surface area contributed by atoms with Crippen molar-refractivity contribution in [3.8, 4) is 33.9 Å². The summed E-state index contributed by atoms with van der Waals surface area (Å²) in [6, 6.07) is 14.2. The molecule has 3 heterocycles. The van der Waals surface area contributed by atoms with Crippen LogP contribution in [0.3, 0.4) is 0 Å². The van der Waals surface area contributed by atoms with Crippen LogP contribution in [-0.2, 0) is 16.0 Å². The molecule has 5 aromatic rings. The number of ketones is 1. The smallest absolute Gasteiger partial charge is 0.347 e. The minimum Gasteiger partial charge on any atom is -0.493 e. The Morgan fingerprint density at radius 2 is 1.88 bits per heavy atom. The van der Waals surface area contributed by atoms with E-state index >= 15 is 0 Å². The van der Waals surface area contributed by atoms with E-state index in [1.165, 1.54) is 18.9 Å². The van der Waals surface area contributed by atoms with Gasteiger partial charge in [-0.25, -0.2) is 9.78 Å². The summed E-state index contributed by atoms with van der Waals surface area (Å²) in [4.78, 5) is 36.5. The third kappa shape index (κ3) is 4.81. The highest BCUT2D eigenvalue weighted by Crippen LogP contribution is 2.46. The molecular weight excluding hydrogens is 530 g/mol. The van der Waals surface area contributed by atoms with Crippen molar-refractivity contribution in [2.24, 2.45) is 0 Å². The number of aromatic amines is 1. The number of pyridine rings is 1. The largest absolute Gasteiger partial charge is 0.493 e. The van der Waals surface area contributed by atoms with Gasteiger partial charge in [0.15, 0.2) is 5.78 Å². The average Bonchev–Trinajstić information content (AvgIpc) is 2.95. The van der Waals surface area contributed by atoms with Crippen molar-refractivity contribution in [1.82, 2.24) is 15.0 Å². The number of fused-ring (bicyclic) bond motifs is 1. The number of hydrogen-bond acceptors (Lipinski definition) is 7. The molecule has 0 radical (unpaired) electrons. The first-order chi connectivity index (χ1) is 20.1. The van der Waals surface area contributed by atoms with E-state index in [4.69, 9.17) is 19.2 Å². The Morgan fingerprint density at radius 3 is 2.62 bits per heavy atom. The van der Waals surface area contributed by atoms with Gasteiger partial charge in [0.05, 0.1) is 30.4 Å². The predicted molar refractivity (Wildman–Crippen MR) is 163 cm³/mol. The fraction of sp³-hybridized carbons (Fsp3) is 0.294. The molecule has 214 valence electrons. The normalized spacial score (nSPS) is 13.7. The SMILES string of the molecule is COc1[nH]c(=O)ncc1-c1ccc2c(-c3ccc4c5c(ccnc35)CCO4)c(C(OC(C)(C)C)C(C)=O)c(C)cc2c1. The fourth-order valence-electron chi connectivity index (χ4n) is 5.91. The molecule has 0 saturated carbocycles. The van der Waals surface area contributed by atoms with Gasteiger partial charge in [-0.3, -0.25) is 14.8 Å². The Hall–Kier alpha value is -4.56. The first-order valence-electron chi connectivity index (χ1n) is 14.0. The van der Waals surface area contributed by atoms with Gasteiger partial charge in [-0.05, 0) is 97.5 Å². The Bertz CT molecular complexity index is 1930. The van der Waals surface area contributed by atoms with Crippen LogP contribution in [0.25, 0.3) is 43.9 Å². The number of benzene rings is 3. The number of hydrogen-bond donors (Lipinski definition) is 1. The molecule has 0 amide bonds. The summed E-state index contributed by atoms with van der Waals surface area (Å²) < 4.78 is 17.9. The van der Waals surface area contributed by atoms with Crippen molar-refractivity contribution in [1.29, 1.82) is 0 Å². The predicted octanol–water partition coefficient (Wildman–Crippen LogP) is 6.50. The topological polar surface area (TPSA) is 103 Å². The Kier molecular flexibility index (Phi) is 6.81. The molecule has 1 atom stereocenters. The Balaban J connectivity index is 1.69. The van der Waals surface area contributed by atoms with Crippen molar-refractivity contribution in [2.45, 2.75) is 52.7 Å². The lowest BCUT2D eigenvalue weighted by atomic mass is 9.84. The lowest BCUT2D eigenvalue weighted by Gasteiger charge is -2.30. The van der Waals surface area contributed by atoms with Crippen molar-refractivity contribution < 1.29 is 19.0 Å². The molecule has 1 aliphatic heterocycles. The number of methoxy groups -OCH3 is 1. The Morgan fingerprint density at radius 1 is 1.07 bits per heavy atom. The third-order valence-electron chi connectivity index (χ3n) is 7.62. The van der Waals surface area contributed by atoms with Crippen LogP contribution in [-0.4, -0.2) is 40.1 Å². The zero-order valence-corrected chi connectivity index (χ0v) is 24.6. The molecule has 1 unspecified atom stereocenters. The van der Waals surface area contributed by atoms with Crippen LogP contribution in [0.2, 0.25) is 0 Å². The number of rotatable bonds is 6. The minimum atomic E-state index is -0.783. The first kappa shape index (κ1) is 27.6. The monoisotopic (exact) mass is 563 g/mol. The zero-order valence-electron chi connectivity index (χ0n) is 24.6. The van der Waals surface area contributed by atoms with Crippen LogP contribution >= 0.6 is 0 Å². The number of carbonyl (C=O) groups is 1. The molecule has 0 saturated heterocycles. The molecule has 0 bridgehead atoms. The van der Waals surface area contributed by atoms with E-state index in [1.807, 2.05) is 70.3 Å². The molecular formula is C34H33N3O5. The van der Waals surface area contributed by atoms with Crippen molar-refractivity contribution in [2.75, 3.05) is 13.7 Å². The molecule has 8 nitrogen and oxygen atoms in total. The van der Waals surface area contributed by atoms with Crippen LogP contribution in [0, 0.1) is 6.92 Å². The Labute approximate surface area is 243 Å². The second-order valence-electron chi connectivity index (χ2n) is 11.7. The van der Waals surface area contributed by atoms with Crippen molar-refractivity contribution >= 4 is 27.5 Å². The number of aryl methyl sites for hydroxylation is 1. The first-order valence-corrected chi connectivity index (χ1v) is 14.0. The maximum Gasteiger partial charge on any atom is 0.347 e. The van der Waals surface area contributed by atoms with E-state index in [-0.39, 0.29) is 5.78 Å². The third-order valence-corrected chi connectivity index (χ3v) is 7.62. The summed E-state index contributed by atoms with van der Waals surface area (Å²) in [7, 11) is 1.51. The number of H-pyrrole nitrogens is 1. The fourth-order valence-corrected chi connectivity index (χ4v) is 5.91. The van der Waals surface area contributed by atoms with Gasteiger partial charge in [0, 0.05) is 29.8 Å². The maximum atomic E-state index is 13.2. The van der Waals surface area contributed by atoms with E-state index in [9.17, 15) is 9.59 Å². The van der Waals surface area contributed by atoms with Crippen molar-refractivity contribution in [3.63, 3.8) is 0 Å². The number of carbonyl (C=O) groups excluding carboxylic acids is 1. The van der Waals surface area contributed by atoms with Crippen LogP contribution in [0.4, 0.5) is 0 Å².